The molecule has 2 rings (SSSR count). The summed E-state index contributed by atoms with van der Waals surface area (Å²) >= 11 is 7.00. The molecule has 1 aliphatic heterocycles. The quantitative estimate of drug-likeness (QED) is 0.648. The Morgan fingerprint density at radius 3 is 2.86 bits per heavy atom. The Balaban J connectivity index is 2.14. The highest BCUT2D eigenvalue weighted by atomic mass is 35.5. The Bertz CT molecular complexity index is 612. The summed E-state index contributed by atoms with van der Waals surface area (Å²) in [4.78, 5) is 34.3. The second-order valence-electron chi connectivity index (χ2n) is 4.18. The number of carbonyl (C=O) groups is 2. The van der Waals surface area contributed by atoms with E-state index in [2.05, 4.69) is 5.32 Å². The van der Waals surface area contributed by atoms with Gasteiger partial charge in [0.15, 0.2) is 0 Å². The summed E-state index contributed by atoms with van der Waals surface area (Å²) in [7, 11) is 0. The maximum atomic E-state index is 12.0. The molecule has 0 bridgehead atoms. The number of thioether (sulfide) groups is 1. The number of rotatable bonds is 3. The molecule has 8 nitrogen and oxygen atoms in total. The fourth-order valence-electron chi connectivity index (χ4n) is 1.77. The number of benzene rings is 1. The van der Waals surface area contributed by atoms with Crippen molar-refractivity contribution in [3.8, 4) is 0 Å². The number of hydrogen-bond acceptors (Lipinski definition) is 5. The smallest absolute Gasteiger partial charge is 0.327 e. The molecule has 1 atom stereocenters. The number of amides is 2. The predicted molar refractivity (Wildman–Crippen MR) is 77.7 cm³/mol. The summed E-state index contributed by atoms with van der Waals surface area (Å²) in [6.45, 7) is 0. The van der Waals surface area contributed by atoms with Gasteiger partial charge < -0.3 is 15.3 Å². The summed E-state index contributed by atoms with van der Waals surface area (Å²) in [6, 6.07) is 2.30. The van der Waals surface area contributed by atoms with E-state index in [9.17, 15) is 19.7 Å². The number of urea groups is 1. The van der Waals surface area contributed by atoms with Gasteiger partial charge in [-0.25, -0.2) is 9.59 Å². The van der Waals surface area contributed by atoms with E-state index in [-0.39, 0.29) is 22.3 Å². The fourth-order valence-corrected chi connectivity index (χ4v) is 3.10. The maximum absolute atomic E-state index is 12.0. The van der Waals surface area contributed by atoms with Crippen LogP contribution in [0.15, 0.2) is 18.2 Å². The Morgan fingerprint density at radius 2 is 2.24 bits per heavy atom. The van der Waals surface area contributed by atoms with Crippen LogP contribution in [-0.2, 0) is 4.79 Å². The number of carboxylic acids is 1. The van der Waals surface area contributed by atoms with Gasteiger partial charge in [0, 0.05) is 17.5 Å². The number of aliphatic carboxylic acids is 1. The molecule has 10 heteroatoms. The molecule has 0 radical (unpaired) electrons. The second kappa shape index (κ2) is 6.19. The van der Waals surface area contributed by atoms with E-state index >= 15 is 0 Å². The average Bonchev–Trinajstić information content (AvgIpc) is 2.90. The van der Waals surface area contributed by atoms with E-state index in [1.165, 1.54) is 23.9 Å². The van der Waals surface area contributed by atoms with Gasteiger partial charge in [0.25, 0.3) is 5.69 Å². The third-order valence-electron chi connectivity index (χ3n) is 2.82. The number of carboxylic acid groups (broad SMARTS) is 1. The van der Waals surface area contributed by atoms with Gasteiger partial charge in [-0.05, 0) is 12.1 Å². The Hall–Kier alpha value is -2.00. The van der Waals surface area contributed by atoms with Gasteiger partial charge in [-0.3, -0.25) is 10.1 Å². The lowest BCUT2D eigenvalue weighted by Crippen LogP contribution is -2.43. The Kier molecular flexibility index (Phi) is 4.53. The van der Waals surface area contributed by atoms with Gasteiger partial charge in [-0.15, -0.1) is 11.8 Å². The number of nitrogens with zero attached hydrogens (tertiary/aromatic N) is 2. The highest BCUT2D eigenvalue weighted by Gasteiger charge is 2.34. The normalized spacial score (nSPS) is 17.6. The van der Waals surface area contributed by atoms with Gasteiger partial charge in [0.2, 0.25) is 0 Å². The molecule has 0 unspecified atom stereocenters. The standard InChI is InChI=1S/C11H10ClN3O5S/c12-7-2-1-6(3-8(7)15(19)20)13-11(18)14-5-21-4-9(14)10(16)17/h1-3,9H,4-5H2,(H,13,18)(H,16,17)/t9-/m0/s1. The Morgan fingerprint density at radius 1 is 1.52 bits per heavy atom. The zero-order valence-corrected chi connectivity index (χ0v) is 12.1. The summed E-state index contributed by atoms with van der Waals surface area (Å²) in [5, 5.41) is 22.2. The predicted octanol–water partition coefficient (Wildman–Crippen LogP) is 2.24. The zero-order valence-electron chi connectivity index (χ0n) is 10.5. The summed E-state index contributed by atoms with van der Waals surface area (Å²) < 4.78 is 0. The van der Waals surface area contributed by atoms with Crippen LogP contribution in [0.3, 0.4) is 0 Å². The first-order chi connectivity index (χ1) is 9.90. The third-order valence-corrected chi connectivity index (χ3v) is 4.15. The molecule has 1 fully saturated rings. The van der Waals surface area contributed by atoms with Crippen LogP contribution >= 0.6 is 23.4 Å². The monoisotopic (exact) mass is 331 g/mol. The number of carbonyl (C=O) groups excluding carboxylic acids is 1. The first-order valence-electron chi connectivity index (χ1n) is 5.72. The minimum Gasteiger partial charge on any atom is -0.480 e. The molecule has 21 heavy (non-hydrogen) atoms. The van der Waals surface area contributed by atoms with E-state index in [0.29, 0.717) is 5.75 Å². The van der Waals surface area contributed by atoms with E-state index in [4.69, 9.17) is 16.7 Å². The highest BCUT2D eigenvalue weighted by molar-refractivity contribution is 7.99. The SMILES string of the molecule is O=C(O)[C@@H]1CSCN1C(=O)Nc1ccc(Cl)c([N+](=O)[O-])c1. The topological polar surface area (TPSA) is 113 Å². The van der Waals surface area contributed by atoms with E-state index in [1.807, 2.05) is 0 Å². The average molecular weight is 332 g/mol. The van der Waals surface area contributed by atoms with Crippen molar-refractivity contribution in [1.82, 2.24) is 4.90 Å². The molecule has 1 heterocycles. The molecule has 1 aromatic carbocycles. The number of halogens is 1. The molecular formula is C11H10ClN3O5S. The minimum atomic E-state index is -1.09. The van der Waals surface area contributed by atoms with Gasteiger partial charge in [-0.2, -0.15) is 0 Å². The molecule has 0 spiro atoms. The lowest BCUT2D eigenvalue weighted by atomic mass is 10.2. The minimum absolute atomic E-state index is 0.0434. The van der Waals surface area contributed by atoms with Crippen molar-refractivity contribution in [3.63, 3.8) is 0 Å². The van der Waals surface area contributed by atoms with Crippen LogP contribution in [0.5, 0.6) is 0 Å². The van der Waals surface area contributed by atoms with E-state index in [0.717, 1.165) is 11.0 Å². The van der Waals surface area contributed by atoms with Gasteiger partial charge in [0.1, 0.15) is 11.1 Å². The summed E-state index contributed by atoms with van der Waals surface area (Å²) in [5.41, 5.74) is -0.155. The van der Waals surface area contributed by atoms with Crippen molar-refractivity contribution in [3.05, 3.63) is 33.3 Å². The van der Waals surface area contributed by atoms with E-state index < -0.39 is 23.0 Å². The molecule has 0 aromatic heterocycles. The van der Waals surface area contributed by atoms with Crippen molar-refractivity contribution < 1.29 is 19.6 Å². The number of nitrogens with one attached hydrogen (secondary N) is 1. The molecule has 1 aromatic rings. The second-order valence-corrected chi connectivity index (χ2v) is 5.58. The fraction of sp³-hybridized carbons (Fsp3) is 0.273. The molecule has 2 N–H and O–H groups in total. The Labute approximate surface area is 128 Å². The van der Waals surface area contributed by atoms with Gasteiger partial charge in [0.05, 0.1) is 10.8 Å². The maximum Gasteiger partial charge on any atom is 0.327 e. The van der Waals surface area contributed by atoms with Crippen LogP contribution in [0.25, 0.3) is 0 Å². The molecule has 112 valence electrons. The highest BCUT2D eigenvalue weighted by Crippen LogP contribution is 2.28. The number of nitro groups is 1. The number of hydrogen-bond donors (Lipinski definition) is 2. The number of anilines is 1. The van der Waals surface area contributed by atoms with Crippen molar-refractivity contribution in [2.45, 2.75) is 6.04 Å². The first-order valence-corrected chi connectivity index (χ1v) is 7.25. The van der Waals surface area contributed by atoms with Crippen LogP contribution in [0.2, 0.25) is 5.02 Å². The lowest BCUT2D eigenvalue weighted by Gasteiger charge is -2.20. The number of nitro benzene ring substituents is 1. The molecule has 1 saturated heterocycles. The van der Waals surface area contributed by atoms with Gasteiger partial charge in [-0.1, -0.05) is 11.6 Å². The van der Waals surface area contributed by atoms with Crippen LogP contribution in [0, 0.1) is 10.1 Å². The molecule has 2 amide bonds. The van der Waals surface area contributed by atoms with Gasteiger partial charge >= 0.3 is 12.0 Å². The molecule has 0 aliphatic carbocycles. The summed E-state index contributed by atoms with van der Waals surface area (Å²) in [5.74, 6) is -0.528. The van der Waals surface area contributed by atoms with Crippen molar-refractivity contribution in [1.29, 1.82) is 0 Å². The van der Waals surface area contributed by atoms with Crippen LogP contribution in [-0.4, -0.2) is 44.6 Å². The van der Waals surface area contributed by atoms with Crippen LogP contribution in [0.1, 0.15) is 0 Å². The zero-order chi connectivity index (χ0) is 15.6. The van der Waals surface area contributed by atoms with Crippen molar-refractivity contribution in [2.24, 2.45) is 0 Å². The van der Waals surface area contributed by atoms with Crippen molar-refractivity contribution >= 4 is 46.7 Å². The third kappa shape index (κ3) is 3.37. The lowest BCUT2D eigenvalue weighted by molar-refractivity contribution is -0.384. The largest absolute Gasteiger partial charge is 0.480 e. The summed E-state index contributed by atoms with van der Waals surface area (Å²) in [6.07, 6.45) is 0. The van der Waals surface area contributed by atoms with Crippen molar-refractivity contribution in [2.75, 3.05) is 16.9 Å². The molecular weight excluding hydrogens is 322 g/mol. The molecule has 1 aliphatic rings. The molecule has 0 saturated carbocycles. The van der Waals surface area contributed by atoms with Crippen LogP contribution in [0.4, 0.5) is 16.2 Å². The van der Waals surface area contributed by atoms with E-state index in [1.54, 1.807) is 0 Å². The van der Waals surface area contributed by atoms with Crippen LogP contribution < -0.4 is 5.32 Å². The first kappa shape index (κ1) is 15.4.